The van der Waals surface area contributed by atoms with E-state index in [0.717, 1.165) is 40.8 Å². The van der Waals surface area contributed by atoms with Crippen molar-refractivity contribution in [2.75, 3.05) is 13.6 Å². The van der Waals surface area contributed by atoms with Crippen molar-refractivity contribution in [2.45, 2.75) is 19.4 Å². The number of H-pyrrole nitrogens is 1. The normalized spacial score (nSPS) is 11.1. The van der Waals surface area contributed by atoms with Gasteiger partial charge in [-0.15, -0.1) is 0 Å². The number of nitrogens with one attached hydrogen (secondary N) is 1. The summed E-state index contributed by atoms with van der Waals surface area (Å²) in [5.74, 6) is -0.0805. The van der Waals surface area contributed by atoms with Gasteiger partial charge in [0.2, 0.25) is 5.91 Å². The molecule has 0 atom stereocenters. The van der Waals surface area contributed by atoms with E-state index >= 15 is 0 Å². The molecular formula is C23H25N5O2. The topological polar surface area (TPSA) is 75.9 Å². The maximum absolute atomic E-state index is 12.7. The van der Waals surface area contributed by atoms with Gasteiger partial charge in [-0.05, 0) is 31.0 Å². The predicted octanol–water partition coefficient (Wildman–Crippen LogP) is 2.82. The molecule has 0 fully saturated rings. The summed E-state index contributed by atoms with van der Waals surface area (Å²) in [6, 6.07) is 19.6. The second kappa shape index (κ2) is 8.41. The lowest BCUT2D eigenvalue weighted by Crippen LogP contribution is -2.34. The molecule has 2 aromatic carbocycles. The van der Waals surface area contributed by atoms with E-state index in [4.69, 9.17) is 0 Å². The maximum atomic E-state index is 12.7. The third-order valence-corrected chi connectivity index (χ3v) is 5.41. The molecule has 2 heterocycles. The number of aryl methyl sites for hydroxylation is 2. The molecule has 0 saturated heterocycles. The highest BCUT2D eigenvalue weighted by Crippen LogP contribution is 2.17. The van der Waals surface area contributed by atoms with Gasteiger partial charge in [0.05, 0.1) is 16.7 Å². The van der Waals surface area contributed by atoms with E-state index in [2.05, 4.69) is 10.2 Å². The summed E-state index contributed by atoms with van der Waals surface area (Å²) in [6.07, 6.45) is 1.61. The molecule has 2 aromatic heterocycles. The highest BCUT2D eigenvalue weighted by molar-refractivity contribution is 5.80. The number of hydrogen-bond acceptors (Lipinski definition) is 3. The Bertz CT molecular complexity index is 1220. The Balaban J connectivity index is 1.35. The summed E-state index contributed by atoms with van der Waals surface area (Å²) < 4.78 is 3.11. The zero-order valence-electron chi connectivity index (χ0n) is 17.2. The number of aromatic nitrogens is 4. The Labute approximate surface area is 174 Å². The maximum Gasteiger partial charge on any atom is 0.329 e. The molecule has 0 unspecified atom stereocenters. The molecule has 1 amide bonds. The molecule has 1 N–H and O–H groups in total. The van der Waals surface area contributed by atoms with Gasteiger partial charge in [0.15, 0.2) is 0 Å². The number of likely N-dealkylation sites (N-methyl/N-ethyl adjacent to an activating group) is 1. The molecule has 154 valence electrons. The third kappa shape index (κ3) is 3.91. The number of rotatable bonds is 7. The van der Waals surface area contributed by atoms with Crippen LogP contribution in [-0.2, 0) is 24.8 Å². The third-order valence-electron chi connectivity index (χ3n) is 5.41. The smallest absolute Gasteiger partial charge is 0.329 e. The Morgan fingerprint density at radius 1 is 1.07 bits per heavy atom. The second-order valence-corrected chi connectivity index (χ2v) is 7.48. The van der Waals surface area contributed by atoms with E-state index in [9.17, 15) is 9.59 Å². The summed E-state index contributed by atoms with van der Waals surface area (Å²) in [5.41, 5.74) is 4.46. The van der Waals surface area contributed by atoms with Crippen LogP contribution in [0.5, 0.6) is 0 Å². The number of aromatic amines is 1. The highest BCUT2D eigenvalue weighted by Gasteiger charge is 2.16. The monoisotopic (exact) mass is 403 g/mol. The van der Waals surface area contributed by atoms with Crippen molar-refractivity contribution in [3.05, 3.63) is 76.8 Å². The molecule has 0 aliphatic carbocycles. The molecule has 30 heavy (non-hydrogen) atoms. The first-order valence-electron chi connectivity index (χ1n) is 10.0. The number of benzene rings is 2. The molecule has 7 heteroatoms. The predicted molar refractivity (Wildman–Crippen MR) is 117 cm³/mol. The quantitative estimate of drug-likeness (QED) is 0.516. The van der Waals surface area contributed by atoms with Crippen molar-refractivity contribution >= 4 is 16.9 Å². The van der Waals surface area contributed by atoms with Gasteiger partial charge in [-0.25, -0.2) is 4.79 Å². The van der Waals surface area contributed by atoms with Crippen LogP contribution in [0.15, 0.2) is 65.5 Å². The Morgan fingerprint density at radius 3 is 2.53 bits per heavy atom. The number of amides is 1. The van der Waals surface area contributed by atoms with E-state index < -0.39 is 0 Å². The van der Waals surface area contributed by atoms with Crippen molar-refractivity contribution in [2.24, 2.45) is 7.05 Å². The van der Waals surface area contributed by atoms with E-state index in [-0.39, 0.29) is 18.1 Å². The number of hydrogen-bond donors (Lipinski definition) is 1. The lowest BCUT2D eigenvalue weighted by atomic mass is 10.1. The van der Waals surface area contributed by atoms with Crippen LogP contribution in [0.4, 0.5) is 0 Å². The van der Waals surface area contributed by atoms with Gasteiger partial charge < -0.3 is 4.90 Å². The number of carbonyl (C=O) groups is 1. The number of carbonyl (C=O) groups excluding carboxylic acids is 1. The highest BCUT2D eigenvalue weighted by atomic mass is 16.2. The number of nitrogens with zero attached hydrogens (tertiary/aromatic N) is 4. The van der Waals surface area contributed by atoms with Gasteiger partial charge >= 0.3 is 5.69 Å². The molecule has 4 aromatic rings. The Morgan fingerprint density at radius 2 is 1.77 bits per heavy atom. The Hall–Kier alpha value is -3.61. The minimum absolute atomic E-state index is 0.0406. The van der Waals surface area contributed by atoms with Gasteiger partial charge in [-0.1, -0.05) is 42.5 Å². The molecule has 7 nitrogen and oxygen atoms in total. The van der Waals surface area contributed by atoms with Gasteiger partial charge in [-0.3, -0.25) is 19.0 Å². The van der Waals surface area contributed by atoms with Crippen molar-refractivity contribution < 1.29 is 4.79 Å². The van der Waals surface area contributed by atoms with E-state index in [0.29, 0.717) is 6.54 Å². The van der Waals surface area contributed by atoms with Gasteiger partial charge in [0.25, 0.3) is 0 Å². The van der Waals surface area contributed by atoms with Crippen molar-refractivity contribution in [3.63, 3.8) is 0 Å². The van der Waals surface area contributed by atoms with Gasteiger partial charge in [0.1, 0.15) is 6.54 Å². The summed E-state index contributed by atoms with van der Waals surface area (Å²) in [7, 11) is 3.50. The first-order chi connectivity index (χ1) is 14.5. The van der Waals surface area contributed by atoms with Crippen molar-refractivity contribution in [1.29, 1.82) is 0 Å². The minimum Gasteiger partial charge on any atom is -0.344 e. The zero-order chi connectivity index (χ0) is 21.1. The summed E-state index contributed by atoms with van der Waals surface area (Å²) in [6.45, 7) is 0.650. The minimum atomic E-state index is -0.177. The molecule has 0 bridgehead atoms. The fourth-order valence-corrected chi connectivity index (χ4v) is 3.65. The van der Waals surface area contributed by atoms with Crippen LogP contribution >= 0.6 is 0 Å². The molecule has 0 radical (unpaired) electrons. The van der Waals surface area contributed by atoms with Crippen molar-refractivity contribution in [1.82, 2.24) is 24.2 Å². The van der Waals surface area contributed by atoms with E-state index in [1.165, 1.54) is 4.57 Å². The number of imidazole rings is 1. The van der Waals surface area contributed by atoms with Crippen LogP contribution in [0, 0.1) is 0 Å². The lowest BCUT2D eigenvalue weighted by Gasteiger charge is -2.17. The molecule has 0 aliphatic heterocycles. The zero-order valence-corrected chi connectivity index (χ0v) is 17.2. The van der Waals surface area contributed by atoms with Gasteiger partial charge in [0, 0.05) is 31.9 Å². The molecule has 0 aliphatic rings. The lowest BCUT2D eigenvalue weighted by molar-refractivity contribution is -0.130. The number of fused-ring (bicyclic) bond motifs is 1. The van der Waals surface area contributed by atoms with Crippen LogP contribution in [0.25, 0.3) is 22.3 Å². The average Bonchev–Trinajstić information content (AvgIpc) is 3.34. The molecule has 0 saturated carbocycles. The van der Waals surface area contributed by atoms with Crippen molar-refractivity contribution in [3.8, 4) is 11.3 Å². The molecular weight excluding hydrogens is 378 g/mol. The second-order valence-electron chi connectivity index (χ2n) is 7.48. The summed E-state index contributed by atoms with van der Waals surface area (Å²) in [4.78, 5) is 26.9. The average molecular weight is 403 g/mol. The van der Waals surface area contributed by atoms with Gasteiger partial charge in [-0.2, -0.15) is 5.10 Å². The SMILES string of the molecule is CN(CCCc1cc(-c2ccccc2)n[nH]1)C(=O)Cn1c(=O)n(C)c2ccccc21. The van der Waals surface area contributed by atoms with Crippen LogP contribution in [-0.4, -0.2) is 43.7 Å². The molecule has 0 spiro atoms. The van der Waals surface area contributed by atoms with E-state index in [1.807, 2.05) is 60.7 Å². The standard InChI is InChI=1S/C23H25N5O2/c1-26(14-8-11-18-15-19(25-24-18)17-9-4-3-5-10-17)22(29)16-28-21-13-7-6-12-20(21)27(2)23(28)30/h3-7,9-10,12-13,15H,8,11,14,16H2,1-2H3,(H,24,25). The van der Waals surface area contributed by atoms with Crippen LogP contribution in [0.2, 0.25) is 0 Å². The first kappa shape index (κ1) is 19.7. The first-order valence-corrected chi connectivity index (χ1v) is 10.0. The summed E-state index contributed by atoms with van der Waals surface area (Å²) >= 11 is 0. The molecule has 4 rings (SSSR count). The van der Waals surface area contributed by atoms with E-state index in [1.54, 1.807) is 23.6 Å². The van der Waals surface area contributed by atoms with Crippen LogP contribution in [0.3, 0.4) is 0 Å². The fourth-order valence-electron chi connectivity index (χ4n) is 3.65. The Kier molecular flexibility index (Phi) is 5.52. The van der Waals surface area contributed by atoms with Crippen LogP contribution < -0.4 is 5.69 Å². The van der Waals surface area contributed by atoms with Crippen LogP contribution in [0.1, 0.15) is 12.1 Å². The largest absolute Gasteiger partial charge is 0.344 e. The summed E-state index contributed by atoms with van der Waals surface area (Å²) in [5, 5.41) is 7.45. The number of para-hydroxylation sites is 2. The fraction of sp³-hybridized carbons (Fsp3) is 0.261.